The van der Waals surface area contributed by atoms with Crippen molar-refractivity contribution in [3.8, 4) is 0 Å². The Morgan fingerprint density at radius 2 is 2.06 bits per heavy atom. The Hall–Kier alpha value is -0.860. The predicted octanol–water partition coefficient (Wildman–Crippen LogP) is 2.75. The lowest BCUT2D eigenvalue weighted by Gasteiger charge is -2.30. The van der Waals surface area contributed by atoms with E-state index in [1.807, 2.05) is 0 Å². The highest BCUT2D eigenvalue weighted by atomic mass is 15.2. The summed E-state index contributed by atoms with van der Waals surface area (Å²) in [5.74, 6) is 0. The molecule has 0 heterocycles. The lowest BCUT2D eigenvalue weighted by atomic mass is 10.1. The van der Waals surface area contributed by atoms with Crippen LogP contribution in [-0.4, -0.2) is 30.6 Å². The van der Waals surface area contributed by atoms with Crippen LogP contribution in [0.1, 0.15) is 43.4 Å². The number of benzene rings is 1. The number of nitrogens with one attached hydrogen (secondary N) is 1. The van der Waals surface area contributed by atoms with Gasteiger partial charge in [0, 0.05) is 18.1 Å². The highest BCUT2D eigenvalue weighted by Gasteiger charge is 2.39. The molecular formula is C16H24N2. The number of nitrogens with zero attached hydrogens (tertiary/aromatic N) is 1. The van der Waals surface area contributed by atoms with Crippen molar-refractivity contribution in [2.24, 2.45) is 0 Å². The second kappa shape index (κ2) is 5.02. The molecule has 2 aliphatic rings. The SMILES string of the molecule is CCCNC1c2ccccc2CC1N(C)C1CC1. The van der Waals surface area contributed by atoms with Gasteiger partial charge in [-0.25, -0.2) is 0 Å². The van der Waals surface area contributed by atoms with E-state index < -0.39 is 0 Å². The molecule has 0 spiro atoms. The Morgan fingerprint density at radius 1 is 1.28 bits per heavy atom. The second-order valence-electron chi connectivity index (χ2n) is 5.80. The average molecular weight is 244 g/mol. The van der Waals surface area contributed by atoms with E-state index in [0.717, 1.165) is 12.6 Å². The molecule has 0 aliphatic heterocycles. The fourth-order valence-corrected chi connectivity index (χ4v) is 3.25. The molecule has 1 aromatic rings. The van der Waals surface area contributed by atoms with Crippen LogP contribution < -0.4 is 5.32 Å². The first-order chi connectivity index (χ1) is 8.81. The van der Waals surface area contributed by atoms with E-state index in [2.05, 4.69) is 48.5 Å². The van der Waals surface area contributed by atoms with E-state index >= 15 is 0 Å². The first-order valence-electron chi connectivity index (χ1n) is 7.34. The number of fused-ring (bicyclic) bond motifs is 1. The molecule has 2 aliphatic carbocycles. The Kier molecular flexibility index (Phi) is 3.40. The smallest absolute Gasteiger partial charge is 0.0484 e. The summed E-state index contributed by atoms with van der Waals surface area (Å²) < 4.78 is 0. The minimum absolute atomic E-state index is 0.534. The summed E-state index contributed by atoms with van der Waals surface area (Å²) >= 11 is 0. The average Bonchev–Trinajstić information content (AvgIpc) is 3.17. The van der Waals surface area contributed by atoms with Crippen molar-refractivity contribution in [1.29, 1.82) is 0 Å². The first kappa shape index (κ1) is 12.2. The van der Waals surface area contributed by atoms with Gasteiger partial charge in [0.15, 0.2) is 0 Å². The van der Waals surface area contributed by atoms with Gasteiger partial charge in [0.1, 0.15) is 0 Å². The van der Waals surface area contributed by atoms with Gasteiger partial charge in [-0.15, -0.1) is 0 Å². The maximum atomic E-state index is 3.76. The topological polar surface area (TPSA) is 15.3 Å². The fourth-order valence-electron chi connectivity index (χ4n) is 3.25. The molecule has 98 valence electrons. The number of rotatable bonds is 5. The summed E-state index contributed by atoms with van der Waals surface area (Å²) in [5.41, 5.74) is 3.08. The molecular weight excluding hydrogens is 220 g/mol. The zero-order valence-electron chi connectivity index (χ0n) is 11.5. The molecule has 0 amide bonds. The monoisotopic (exact) mass is 244 g/mol. The van der Waals surface area contributed by atoms with Gasteiger partial charge in [-0.05, 0) is 50.4 Å². The van der Waals surface area contributed by atoms with Crippen molar-refractivity contribution in [2.75, 3.05) is 13.6 Å². The third kappa shape index (κ3) is 2.19. The van der Waals surface area contributed by atoms with Crippen molar-refractivity contribution >= 4 is 0 Å². The van der Waals surface area contributed by atoms with Gasteiger partial charge in [0.25, 0.3) is 0 Å². The summed E-state index contributed by atoms with van der Waals surface area (Å²) in [6.45, 7) is 3.36. The van der Waals surface area contributed by atoms with Gasteiger partial charge in [0.05, 0.1) is 0 Å². The van der Waals surface area contributed by atoms with Crippen LogP contribution in [0.25, 0.3) is 0 Å². The van der Waals surface area contributed by atoms with E-state index in [1.165, 1.54) is 31.2 Å². The molecule has 0 saturated heterocycles. The maximum Gasteiger partial charge on any atom is 0.0484 e. The van der Waals surface area contributed by atoms with Crippen LogP contribution in [-0.2, 0) is 6.42 Å². The molecule has 18 heavy (non-hydrogen) atoms. The second-order valence-corrected chi connectivity index (χ2v) is 5.80. The molecule has 0 aromatic heterocycles. The summed E-state index contributed by atoms with van der Waals surface area (Å²) in [6, 6.07) is 11.0. The highest BCUT2D eigenvalue weighted by Crippen LogP contribution is 2.38. The zero-order valence-corrected chi connectivity index (χ0v) is 11.5. The molecule has 1 saturated carbocycles. The molecule has 2 heteroatoms. The summed E-state index contributed by atoms with van der Waals surface area (Å²) in [4.78, 5) is 2.62. The van der Waals surface area contributed by atoms with Crippen LogP contribution in [0.15, 0.2) is 24.3 Å². The molecule has 0 bridgehead atoms. The van der Waals surface area contributed by atoms with Crippen LogP contribution >= 0.6 is 0 Å². The van der Waals surface area contributed by atoms with Gasteiger partial charge >= 0.3 is 0 Å². The van der Waals surface area contributed by atoms with E-state index in [4.69, 9.17) is 0 Å². The van der Waals surface area contributed by atoms with Crippen LogP contribution in [0.2, 0.25) is 0 Å². The largest absolute Gasteiger partial charge is 0.309 e. The highest BCUT2D eigenvalue weighted by molar-refractivity contribution is 5.37. The Labute approximate surface area is 110 Å². The lowest BCUT2D eigenvalue weighted by Crippen LogP contribution is -2.42. The van der Waals surface area contributed by atoms with E-state index in [1.54, 1.807) is 5.56 Å². The summed E-state index contributed by atoms with van der Waals surface area (Å²) in [7, 11) is 2.31. The molecule has 1 N–H and O–H groups in total. The van der Waals surface area contributed by atoms with Crippen molar-refractivity contribution in [2.45, 2.75) is 50.7 Å². The fraction of sp³-hybridized carbons (Fsp3) is 0.625. The molecule has 1 fully saturated rings. The van der Waals surface area contributed by atoms with E-state index in [9.17, 15) is 0 Å². The van der Waals surface area contributed by atoms with Crippen LogP contribution in [0.4, 0.5) is 0 Å². The van der Waals surface area contributed by atoms with Crippen LogP contribution in [0.3, 0.4) is 0 Å². The molecule has 2 atom stereocenters. The minimum atomic E-state index is 0.534. The molecule has 1 aromatic carbocycles. The number of likely N-dealkylation sites (N-methyl/N-ethyl adjacent to an activating group) is 1. The van der Waals surface area contributed by atoms with E-state index in [-0.39, 0.29) is 0 Å². The van der Waals surface area contributed by atoms with Gasteiger partial charge in [0.2, 0.25) is 0 Å². The standard InChI is InChI=1S/C16H24N2/c1-3-10-17-16-14-7-5-4-6-12(14)11-15(16)18(2)13-8-9-13/h4-7,13,15-17H,3,8-11H2,1-2H3. The minimum Gasteiger partial charge on any atom is -0.309 e. The van der Waals surface area contributed by atoms with Crippen LogP contribution in [0, 0.1) is 0 Å². The predicted molar refractivity (Wildman–Crippen MR) is 75.8 cm³/mol. The van der Waals surface area contributed by atoms with Gasteiger partial charge in [-0.1, -0.05) is 31.2 Å². The maximum absolute atomic E-state index is 3.76. The Balaban J connectivity index is 1.81. The third-order valence-corrected chi connectivity index (χ3v) is 4.46. The van der Waals surface area contributed by atoms with Gasteiger partial charge in [-0.3, -0.25) is 4.90 Å². The van der Waals surface area contributed by atoms with Gasteiger partial charge in [-0.2, -0.15) is 0 Å². The van der Waals surface area contributed by atoms with Crippen LogP contribution in [0.5, 0.6) is 0 Å². The third-order valence-electron chi connectivity index (χ3n) is 4.46. The van der Waals surface area contributed by atoms with Crippen molar-refractivity contribution in [3.05, 3.63) is 35.4 Å². The quantitative estimate of drug-likeness (QED) is 0.857. The molecule has 2 unspecified atom stereocenters. The zero-order chi connectivity index (χ0) is 12.5. The molecule has 0 radical (unpaired) electrons. The van der Waals surface area contributed by atoms with E-state index in [0.29, 0.717) is 12.1 Å². The number of hydrogen-bond donors (Lipinski definition) is 1. The summed E-state index contributed by atoms with van der Waals surface area (Å²) in [6.07, 6.45) is 5.21. The van der Waals surface area contributed by atoms with Crippen molar-refractivity contribution in [1.82, 2.24) is 10.2 Å². The van der Waals surface area contributed by atoms with Crippen molar-refractivity contribution < 1.29 is 0 Å². The number of hydrogen-bond acceptors (Lipinski definition) is 2. The molecule has 3 rings (SSSR count). The summed E-state index contributed by atoms with van der Waals surface area (Å²) in [5, 5.41) is 3.76. The Bertz CT molecular complexity index is 411. The first-order valence-corrected chi connectivity index (χ1v) is 7.34. The lowest BCUT2D eigenvalue weighted by molar-refractivity contribution is 0.195. The van der Waals surface area contributed by atoms with Gasteiger partial charge < -0.3 is 5.32 Å². The normalized spacial score (nSPS) is 26.6. The van der Waals surface area contributed by atoms with Crippen molar-refractivity contribution in [3.63, 3.8) is 0 Å². The molecule has 2 nitrogen and oxygen atoms in total. The Morgan fingerprint density at radius 3 is 2.78 bits per heavy atom.